The van der Waals surface area contributed by atoms with Crippen molar-refractivity contribution in [3.8, 4) is 0 Å². The van der Waals surface area contributed by atoms with Crippen LogP contribution in [0.5, 0.6) is 0 Å². The predicted molar refractivity (Wildman–Crippen MR) is 37.4 cm³/mol. The first-order valence-corrected chi connectivity index (χ1v) is 0. The first-order chi connectivity index (χ1) is 0. The Morgan fingerprint density at radius 3 is 0.667 bits per heavy atom. The molecule has 35 valence electrons. The van der Waals surface area contributed by atoms with Gasteiger partial charge in [0.1, 0.15) is 0 Å². The molecule has 0 aliphatic rings. The first-order valence-electron chi connectivity index (χ1n) is 0. The monoisotopic (exact) mass is 285 g/mol. The van der Waals surface area contributed by atoms with Crippen LogP contribution in [0.2, 0.25) is 0 Å². The van der Waals surface area contributed by atoms with Crippen molar-refractivity contribution in [1.29, 1.82) is 0 Å². The van der Waals surface area contributed by atoms with E-state index < -0.39 is 0 Å². The van der Waals surface area contributed by atoms with E-state index in [1.165, 1.54) is 0 Å². The third-order valence-corrected chi connectivity index (χ3v) is 0. The van der Waals surface area contributed by atoms with Gasteiger partial charge in [0.25, 0.3) is 0 Å². The second-order valence-corrected chi connectivity index (χ2v) is 0. The fourth-order valence-electron chi connectivity index (χ4n) is 0. The van der Waals surface area contributed by atoms with Crippen molar-refractivity contribution in [3.63, 3.8) is 0 Å². The third-order valence-electron chi connectivity index (χ3n) is 0. The fourth-order valence-corrected chi connectivity index (χ4v) is 0. The molecule has 0 unspecified atom stereocenters. The summed E-state index contributed by atoms with van der Waals surface area (Å²) in [4.78, 5) is 0. The van der Waals surface area contributed by atoms with E-state index in [1.807, 2.05) is 0 Å². The molecular formula is H6BCeCl3Na. The summed E-state index contributed by atoms with van der Waals surface area (Å²) in [7, 11) is 0. The molecule has 0 nitrogen and oxygen atoms in total. The number of hydrogen-bond donors (Lipinski definition) is 0. The van der Waals surface area contributed by atoms with Crippen LogP contribution in [-0.4, -0.2) is 38.0 Å². The van der Waals surface area contributed by atoms with Gasteiger partial charge in [-0.1, -0.05) is 0 Å². The maximum atomic E-state index is 0. The van der Waals surface area contributed by atoms with Gasteiger partial charge >= 0.3 is 0 Å². The second-order valence-electron chi connectivity index (χ2n) is 0. The van der Waals surface area contributed by atoms with Gasteiger partial charge in [-0.3, -0.25) is 0 Å². The van der Waals surface area contributed by atoms with Crippen LogP contribution in [0.25, 0.3) is 0 Å². The van der Waals surface area contributed by atoms with Crippen molar-refractivity contribution in [3.05, 3.63) is 0 Å². The topological polar surface area (TPSA) is 0 Å². The largest absolute Gasteiger partial charge is 0.147 e. The summed E-state index contributed by atoms with van der Waals surface area (Å²) in [5.74, 6) is 0. The Hall–Kier alpha value is 3.31. The third kappa shape index (κ3) is 26.6. The Bertz CT molecular complexity index is 10.8. The van der Waals surface area contributed by atoms with Gasteiger partial charge in [0.2, 0.25) is 0 Å². The van der Waals surface area contributed by atoms with Crippen LogP contribution in [0.15, 0.2) is 0 Å². The zero-order chi connectivity index (χ0) is 0. The summed E-state index contributed by atoms with van der Waals surface area (Å²) in [6.07, 6.45) is 0. The average molecular weight is 286 g/mol. The molecule has 0 heterocycles. The molecule has 0 atom stereocenters. The van der Waals surface area contributed by atoms with Crippen LogP contribution in [-0.2, 0) is 0 Å². The van der Waals surface area contributed by atoms with Crippen LogP contribution in [0.1, 0.15) is 0 Å². The van der Waals surface area contributed by atoms with Gasteiger partial charge in [-0.05, 0) is 0 Å². The summed E-state index contributed by atoms with van der Waals surface area (Å²) in [6.45, 7) is 0. The normalized spacial score (nSPS) is 0. The van der Waals surface area contributed by atoms with Gasteiger partial charge < -0.3 is 0 Å². The van der Waals surface area contributed by atoms with E-state index in [9.17, 15) is 0 Å². The molecule has 0 bridgehead atoms. The zero-order valence-corrected chi connectivity index (χ0v) is 10.3. The van der Waals surface area contributed by atoms with Crippen molar-refractivity contribution in [2.24, 2.45) is 0 Å². The van der Waals surface area contributed by atoms with Crippen LogP contribution in [0.3, 0.4) is 0 Å². The van der Waals surface area contributed by atoms with Gasteiger partial charge in [0, 0.05) is 71.3 Å². The molecule has 0 spiro atoms. The maximum absolute atomic E-state index is 0. The Balaban J connectivity index is 0. The smallest absolute Gasteiger partial charge is 0.0814 e. The average Bonchev–Trinajstić information content (AvgIpc) is 0. The molecule has 0 saturated carbocycles. The van der Waals surface area contributed by atoms with Crippen molar-refractivity contribution < 1.29 is 41.7 Å². The van der Waals surface area contributed by atoms with E-state index in [2.05, 4.69) is 0 Å². The van der Waals surface area contributed by atoms with Gasteiger partial charge in [-0.25, -0.2) is 0 Å². The molecule has 1 radical (unpaired) electrons. The van der Waals surface area contributed by atoms with Crippen LogP contribution in [0, 0.1) is 41.7 Å². The molecule has 0 aromatic heterocycles. The molecule has 0 N–H and O–H groups in total. The molecule has 0 aromatic rings. The number of hydrogen-bond acceptors (Lipinski definition) is 0. The van der Waals surface area contributed by atoms with Crippen LogP contribution in [0.4, 0.5) is 0 Å². The SMILES string of the molecule is B.Cl.Cl.Cl.[Ce].[Na]. The Morgan fingerprint density at radius 2 is 0.667 bits per heavy atom. The molecule has 0 saturated heterocycles. The molecule has 0 aliphatic carbocycles. The van der Waals surface area contributed by atoms with E-state index in [-0.39, 0.29) is 117 Å². The van der Waals surface area contributed by atoms with Crippen molar-refractivity contribution in [2.75, 3.05) is 0 Å². The summed E-state index contributed by atoms with van der Waals surface area (Å²) in [5, 5.41) is 0. The maximum Gasteiger partial charge on any atom is 0.0814 e. The van der Waals surface area contributed by atoms with E-state index in [1.54, 1.807) is 0 Å². The molecule has 0 aromatic carbocycles. The Morgan fingerprint density at radius 1 is 0.667 bits per heavy atom. The Kier molecular flexibility index (Phi) is 396. The van der Waals surface area contributed by atoms with Gasteiger partial charge in [0.05, 0.1) is 8.41 Å². The van der Waals surface area contributed by atoms with Gasteiger partial charge in [-0.2, -0.15) is 0 Å². The molecule has 6 heteroatoms. The first kappa shape index (κ1) is 58.7. The molecule has 0 fully saturated rings. The minimum Gasteiger partial charge on any atom is -0.147 e. The van der Waals surface area contributed by atoms with Gasteiger partial charge in [-0.15, -0.1) is 37.2 Å². The fraction of sp³-hybridized carbons (Fsp3) is 0. The molecule has 0 rings (SSSR count). The quantitative estimate of drug-likeness (QED) is 0.537. The molecule has 0 aliphatic heterocycles. The van der Waals surface area contributed by atoms with Crippen molar-refractivity contribution >= 4 is 75.2 Å². The van der Waals surface area contributed by atoms with Crippen LogP contribution >= 0.6 is 37.2 Å². The van der Waals surface area contributed by atoms with Crippen molar-refractivity contribution in [2.45, 2.75) is 0 Å². The summed E-state index contributed by atoms with van der Waals surface area (Å²) in [5.41, 5.74) is 0. The minimum atomic E-state index is 0. The van der Waals surface area contributed by atoms with Crippen molar-refractivity contribution in [1.82, 2.24) is 0 Å². The van der Waals surface area contributed by atoms with Crippen LogP contribution < -0.4 is 0 Å². The number of rotatable bonds is 0. The number of halogens is 3. The Labute approximate surface area is 114 Å². The predicted octanol–water partition coefficient (Wildman–Crippen LogP) is -0.299. The summed E-state index contributed by atoms with van der Waals surface area (Å²) in [6, 6.07) is 0. The summed E-state index contributed by atoms with van der Waals surface area (Å²) < 4.78 is 0. The van der Waals surface area contributed by atoms with E-state index in [4.69, 9.17) is 0 Å². The van der Waals surface area contributed by atoms with E-state index >= 15 is 0 Å². The second kappa shape index (κ2) is 40.5. The standard InChI is InChI=1S/BH3.Ce.3ClH.Na/h1H3;;3*1H;. The molecule has 0 amide bonds. The zero-order valence-electron chi connectivity index (χ0n) is 2.72. The molecular weight excluding hydrogens is 280 g/mol. The molecule has 6 heavy (non-hydrogen) atoms. The van der Waals surface area contributed by atoms with E-state index in [0.29, 0.717) is 0 Å². The van der Waals surface area contributed by atoms with Gasteiger partial charge in [0.15, 0.2) is 0 Å². The minimum absolute atomic E-state index is 0. The van der Waals surface area contributed by atoms with E-state index in [0.717, 1.165) is 0 Å². The summed E-state index contributed by atoms with van der Waals surface area (Å²) >= 11 is 0.